The second-order valence-corrected chi connectivity index (χ2v) is 10.9. The molecule has 33 heavy (non-hydrogen) atoms. The van der Waals surface area contributed by atoms with Crippen LogP contribution in [0.5, 0.6) is 0 Å². The van der Waals surface area contributed by atoms with Gasteiger partial charge in [-0.2, -0.15) is 0 Å². The number of benzene rings is 2. The molecule has 1 saturated heterocycles. The monoisotopic (exact) mass is 486 g/mol. The van der Waals surface area contributed by atoms with E-state index in [2.05, 4.69) is 37.1 Å². The maximum Gasteiger partial charge on any atom is 0.270 e. The average molecular weight is 487 g/mol. The number of hydrogen-bond acceptors (Lipinski definition) is 8. The molecule has 11 heteroatoms. The fourth-order valence-corrected chi connectivity index (χ4v) is 5.33. The van der Waals surface area contributed by atoms with Crippen LogP contribution in [0.4, 0.5) is 10.8 Å². The summed E-state index contributed by atoms with van der Waals surface area (Å²) in [5.74, 6) is -0.372. The molecule has 0 bridgehead atoms. The Hall–Kier alpha value is -2.86. The molecule has 2 heterocycles. The Morgan fingerprint density at radius 3 is 2.33 bits per heavy atom. The number of carbonyl (C=O) groups excluding carboxylic acids is 1. The van der Waals surface area contributed by atoms with Gasteiger partial charge in [0.1, 0.15) is 0 Å². The van der Waals surface area contributed by atoms with E-state index in [0.717, 1.165) is 54.3 Å². The molecule has 0 aliphatic carbocycles. The molecular weight excluding hydrogens is 460 g/mol. The molecule has 0 saturated carbocycles. The van der Waals surface area contributed by atoms with Crippen molar-refractivity contribution in [3.05, 3.63) is 65.2 Å². The predicted molar refractivity (Wildman–Crippen MR) is 129 cm³/mol. The minimum absolute atomic E-state index is 0.123. The van der Waals surface area contributed by atoms with Crippen LogP contribution >= 0.6 is 11.3 Å². The molecule has 2 N–H and O–H groups in total. The highest BCUT2D eigenvalue weighted by molar-refractivity contribution is 7.91. The van der Waals surface area contributed by atoms with Crippen molar-refractivity contribution in [3.8, 4) is 0 Å². The van der Waals surface area contributed by atoms with Gasteiger partial charge in [-0.1, -0.05) is 41.2 Å². The topological polar surface area (TPSA) is 108 Å². The van der Waals surface area contributed by atoms with Gasteiger partial charge in [0.05, 0.1) is 0 Å². The van der Waals surface area contributed by atoms with Crippen molar-refractivity contribution in [2.24, 2.45) is 0 Å². The summed E-state index contributed by atoms with van der Waals surface area (Å²) >= 11 is 0.807. The van der Waals surface area contributed by atoms with Crippen LogP contribution in [0.3, 0.4) is 0 Å². The van der Waals surface area contributed by atoms with E-state index in [4.69, 9.17) is 0 Å². The van der Waals surface area contributed by atoms with Crippen LogP contribution in [-0.4, -0.2) is 62.6 Å². The van der Waals surface area contributed by atoms with E-state index in [1.165, 1.54) is 0 Å². The number of amides is 1. The Balaban J connectivity index is 1.34. The minimum atomic E-state index is -3.85. The maximum atomic E-state index is 12.6. The van der Waals surface area contributed by atoms with Crippen LogP contribution in [0.1, 0.15) is 21.5 Å². The third-order valence-electron chi connectivity index (χ3n) is 5.44. The summed E-state index contributed by atoms with van der Waals surface area (Å²) in [6.07, 6.45) is 0. The Kier molecular flexibility index (Phi) is 7.03. The lowest BCUT2D eigenvalue weighted by molar-refractivity contribution is 0.102. The Labute approximate surface area is 197 Å². The van der Waals surface area contributed by atoms with Crippen molar-refractivity contribution in [2.75, 3.05) is 43.4 Å². The molecule has 9 nitrogen and oxygen atoms in total. The largest absolute Gasteiger partial charge is 0.369 e. The van der Waals surface area contributed by atoms with Crippen LogP contribution in [0.25, 0.3) is 0 Å². The summed E-state index contributed by atoms with van der Waals surface area (Å²) in [6.45, 7) is 6.06. The van der Waals surface area contributed by atoms with Crippen molar-refractivity contribution in [1.82, 2.24) is 19.8 Å². The molecule has 174 valence electrons. The standard InChI is InChI=1S/C22H26N6O3S2/c1-16-3-7-18(8-4-16)20(29)24-21-25-26-22(32-21)33(30,31)23-15-17-5-9-19(10-6-17)28-13-11-27(2)12-14-28/h3-10,23H,11-15H2,1-2H3,(H,24,25,29). The molecule has 2 aromatic carbocycles. The van der Waals surface area contributed by atoms with Gasteiger partial charge in [-0.3, -0.25) is 10.1 Å². The molecule has 0 atom stereocenters. The van der Waals surface area contributed by atoms with E-state index in [-0.39, 0.29) is 21.9 Å². The van der Waals surface area contributed by atoms with Gasteiger partial charge in [-0.15, -0.1) is 10.2 Å². The van der Waals surface area contributed by atoms with Crippen LogP contribution in [0.15, 0.2) is 52.9 Å². The SMILES string of the molecule is Cc1ccc(C(=O)Nc2nnc(S(=O)(=O)NCc3ccc(N4CCN(C)CC4)cc3)s2)cc1. The van der Waals surface area contributed by atoms with Crippen LogP contribution in [-0.2, 0) is 16.6 Å². The number of anilines is 2. The third kappa shape index (κ3) is 5.93. The van der Waals surface area contributed by atoms with Crippen molar-refractivity contribution >= 4 is 38.1 Å². The highest BCUT2D eigenvalue weighted by Gasteiger charge is 2.21. The molecule has 0 unspecified atom stereocenters. The van der Waals surface area contributed by atoms with Crippen LogP contribution in [0, 0.1) is 6.92 Å². The van der Waals surface area contributed by atoms with Gasteiger partial charge in [0.2, 0.25) is 9.47 Å². The van der Waals surface area contributed by atoms with E-state index in [9.17, 15) is 13.2 Å². The smallest absolute Gasteiger partial charge is 0.270 e. The number of aryl methyl sites for hydroxylation is 1. The van der Waals surface area contributed by atoms with Gasteiger partial charge in [0, 0.05) is 44.0 Å². The lowest BCUT2D eigenvalue weighted by Crippen LogP contribution is -2.44. The van der Waals surface area contributed by atoms with Crippen LogP contribution < -0.4 is 14.9 Å². The third-order valence-corrected chi connectivity index (χ3v) is 8.05. The number of rotatable bonds is 7. The number of aromatic nitrogens is 2. The fourth-order valence-electron chi connectivity index (χ4n) is 3.37. The van der Waals surface area contributed by atoms with Crippen molar-refractivity contribution in [3.63, 3.8) is 0 Å². The summed E-state index contributed by atoms with van der Waals surface area (Å²) in [5.41, 5.74) is 3.47. The summed E-state index contributed by atoms with van der Waals surface area (Å²) in [5, 5.41) is 10.2. The van der Waals surface area contributed by atoms with Crippen molar-refractivity contribution < 1.29 is 13.2 Å². The molecule has 1 fully saturated rings. The fraction of sp³-hybridized carbons (Fsp3) is 0.318. The molecule has 4 rings (SSSR count). The Morgan fingerprint density at radius 2 is 1.67 bits per heavy atom. The quantitative estimate of drug-likeness (QED) is 0.494. The lowest BCUT2D eigenvalue weighted by Gasteiger charge is -2.34. The molecule has 1 amide bonds. The van der Waals surface area contributed by atoms with Gasteiger partial charge in [0.15, 0.2) is 0 Å². The number of carbonyl (C=O) groups is 1. The van der Waals surface area contributed by atoms with Crippen LogP contribution in [0.2, 0.25) is 0 Å². The molecular formula is C22H26N6O3S2. The second kappa shape index (κ2) is 9.96. The molecule has 1 aliphatic rings. The van der Waals surface area contributed by atoms with E-state index in [1.54, 1.807) is 12.1 Å². The molecule has 3 aromatic rings. The summed E-state index contributed by atoms with van der Waals surface area (Å²) in [7, 11) is -1.74. The van der Waals surface area contributed by atoms with E-state index < -0.39 is 10.0 Å². The number of nitrogens with one attached hydrogen (secondary N) is 2. The maximum absolute atomic E-state index is 12.6. The Bertz CT molecular complexity index is 1200. The van der Waals surface area contributed by atoms with E-state index in [1.807, 2.05) is 43.3 Å². The first kappa shape index (κ1) is 23.3. The predicted octanol–water partition coefficient (Wildman–Crippen LogP) is 2.33. The zero-order valence-corrected chi connectivity index (χ0v) is 20.1. The molecule has 0 radical (unpaired) electrons. The summed E-state index contributed by atoms with van der Waals surface area (Å²) in [4.78, 5) is 16.9. The van der Waals surface area contributed by atoms with Gasteiger partial charge >= 0.3 is 0 Å². The first-order chi connectivity index (χ1) is 15.8. The van der Waals surface area contributed by atoms with Gasteiger partial charge < -0.3 is 9.80 Å². The number of likely N-dealkylation sites (N-methyl/N-ethyl adjacent to an activating group) is 1. The summed E-state index contributed by atoms with van der Waals surface area (Å²) < 4.78 is 27.6. The van der Waals surface area contributed by atoms with Gasteiger partial charge in [-0.25, -0.2) is 13.1 Å². The number of hydrogen-bond donors (Lipinski definition) is 2. The first-order valence-electron chi connectivity index (χ1n) is 10.5. The Morgan fingerprint density at radius 1 is 1.00 bits per heavy atom. The normalized spacial score (nSPS) is 14.9. The number of sulfonamides is 1. The second-order valence-electron chi connectivity index (χ2n) is 7.97. The molecule has 0 spiro atoms. The van der Waals surface area contributed by atoms with E-state index in [0.29, 0.717) is 5.56 Å². The average Bonchev–Trinajstić information content (AvgIpc) is 3.29. The molecule has 1 aliphatic heterocycles. The molecule has 1 aromatic heterocycles. The lowest BCUT2D eigenvalue weighted by atomic mass is 10.1. The highest BCUT2D eigenvalue weighted by Crippen LogP contribution is 2.21. The first-order valence-corrected chi connectivity index (χ1v) is 12.8. The van der Waals surface area contributed by atoms with E-state index >= 15 is 0 Å². The number of nitrogens with zero attached hydrogens (tertiary/aromatic N) is 4. The van der Waals surface area contributed by atoms with Crippen molar-refractivity contribution in [2.45, 2.75) is 17.8 Å². The zero-order valence-electron chi connectivity index (χ0n) is 18.5. The van der Waals surface area contributed by atoms with Gasteiger partial charge in [-0.05, 0) is 43.8 Å². The minimum Gasteiger partial charge on any atom is -0.369 e. The number of piperazine rings is 1. The van der Waals surface area contributed by atoms with Crippen molar-refractivity contribution in [1.29, 1.82) is 0 Å². The van der Waals surface area contributed by atoms with Gasteiger partial charge in [0.25, 0.3) is 15.9 Å². The summed E-state index contributed by atoms with van der Waals surface area (Å²) in [6, 6.07) is 14.9. The highest BCUT2D eigenvalue weighted by atomic mass is 32.2. The zero-order chi connectivity index (χ0) is 23.4.